The lowest BCUT2D eigenvalue weighted by Gasteiger charge is -2.02. The van der Waals surface area contributed by atoms with E-state index in [9.17, 15) is 9.18 Å². The fourth-order valence-corrected chi connectivity index (χ4v) is 2.27. The molecule has 0 saturated heterocycles. The zero-order chi connectivity index (χ0) is 11.8. The maximum atomic E-state index is 13.0. The van der Waals surface area contributed by atoms with Crippen molar-refractivity contribution in [2.75, 3.05) is 0 Å². The van der Waals surface area contributed by atoms with Crippen molar-refractivity contribution >= 4 is 11.5 Å². The van der Waals surface area contributed by atoms with E-state index in [-0.39, 0.29) is 11.7 Å². The van der Waals surface area contributed by atoms with Crippen molar-refractivity contribution in [3.8, 4) is 0 Å². The van der Waals surface area contributed by atoms with Gasteiger partial charge in [0.2, 0.25) is 5.91 Å². The quantitative estimate of drug-likeness (QED) is 0.778. The molecule has 1 N–H and O–H groups in total. The maximum Gasteiger partial charge on any atom is 0.244 e. The second kappa shape index (κ2) is 3.99. The molecule has 2 aliphatic rings. The number of fused-ring (bicyclic) bond motifs is 1. The van der Waals surface area contributed by atoms with Crippen LogP contribution in [0, 0.1) is 5.82 Å². The van der Waals surface area contributed by atoms with Crippen LogP contribution in [0.3, 0.4) is 0 Å². The summed E-state index contributed by atoms with van der Waals surface area (Å²) in [6, 6.07) is 5.17. The lowest BCUT2D eigenvalue weighted by Crippen LogP contribution is -2.23. The van der Waals surface area contributed by atoms with Gasteiger partial charge in [-0.3, -0.25) is 4.79 Å². The van der Waals surface area contributed by atoms with E-state index in [4.69, 9.17) is 0 Å². The third-order valence-corrected chi connectivity index (χ3v) is 3.31. The number of carbonyl (C=O) groups excluding carboxylic acids is 1. The van der Waals surface area contributed by atoms with Gasteiger partial charge in [-0.15, -0.1) is 0 Å². The third-order valence-electron chi connectivity index (χ3n) is 3.31. The Labute approximate surface area is 99.5 Å². The fraction of sp³-hybridized carbons (Fsp3) is 0.357. The van der Waals surface area contributed by atoms with Gasteiger partial charge in [0.1, 0.15) is 5.82 Å². The van der Waals surface area contributed by atoms with Gasteiger partial charge in [0.25, 0.3) is 0 Å². The molecule has 1 saturated carbocycles. The predicted molar refractivity (Wildman–Crippen MR) is 63.9 cm³/mol. The molecule has 2 aliphatic carbocycles. The summed E-state index contributed by atoms with van der Waals surface area (Å²) in [6.45, 7) is 0. The molecule has 3 rings (SSSR count). The summed E-state index contributed by atoms with van der Waals surface area (Å²) in [4.78, 5) is 11.7. The van der Waals surface area contributed by atoms with Gasteiger partial charge in [-0.1, -0.05) is 6.07 Å². The van der Waals surface area contributed by atoms with E-state index in [2.05, 4.69) is 5.32 Å². The molecule has 1 aromatic carbocycles. The van der Waals surface area contributed by atoms with Crippen LogP contribution in [-0.4, -0.2) is 11.9 Å². The standard InChI is InChI=1S/C14H14FNO/c15-11-3-6-13-9(7-11)1-2-10(13)8-14(17)16-12-4-5-12/h3,6-8,12H,1-2,4-5H2,(H,16,17)/b10-8+. The van der Waals surface area contributed by atoms with E-state index in [0.717, 1.165) is 42.4 Å². The monoisotopic (exact) mass is 231 g/mol. The molecule has 0 heterocycles. The molecule has 1 aromatic rings. The number of halogens is 1. The fourth-order valence-electron chi connectivity index (χ4n) is 2.27. The van der Waals surface area contributed by atoms with E-state index in [1.54, 1.807) is 18.2 Å². The van der Waals surface area contributed by atoms with Crippen LogP contribution < -0.4 is 5.32 Å². The highest BCUT2D eigenvalue weighted by Gasteiger charge is 2.23. The summed E-state index contributed by atoms with van der Waals surface area (Å²) in [5, 5.41) is 2.93. The molecule has 1 amide bonds. The lowest BCUT2D eigenvalue weighted by molar-refractivity contribution is -0.116. The Kier molecular flexibility index (Phi) is 2.46. The van der Waals surface area contributed by atoms with Crippen LogP contribution in [0.5, 0.6) is 0 Å². The summed E-state index contributed by atoms with van der Waals surface area (Å²) in [5.74, 6) is -0.216. The second-order valence-corrected chi connectivity index (χ2v) is 4.75. The average molecular weight is 231 g/mol. The molecule has 0 spiro atoms. The zero-order valence-corrected chi connectivity index (χ0v) is 9.50. The number of rotatable bonds is 2. The Morgan fingerprint density at radius 3 is 2.94 bits per heavy atom. The van der Waals surface area contributed by atoms with Gasteiger partial charge in [0.05, 0.1) is 0 Å². The van der Waals surface area contributed by atoms with E-state index in [0.29, 0.717) is 6.04 Å². The van der Waals surface area contributed by atoms with E-state index < -0.39 is 0 Å². The SMILES string of the molecule is O=C(/C=C1\CCc2cc(F)ccc21)NC1CC1. The first kappa shape index (κ1) is 10.5. The van der Waals surface area contributed by atoms with Crippen LogP contribution in [0.25, 0.3) is 5.57 Å². The molecule has 0 unspecified atom stereocenters. The van der Waals surface area contributed by atoms with Crippen molar-refractivity contribution in [2.45, 2.75) is 31.7 Å². The number of nitrogens with one attached hydrogen (secondary N) is 1. The number of hydrogen-bond donors (Lipinski definition) is 1. The first-order valence-electron chi connectivity index (χ1n) is 6.02. The maximum absolute atomic E-state index is 13.0. The van der Waals surface area contributed by atoms with E-state index in [1.807, 2.05) is 0 Å². The molecular formula is C14H14FNO. The van der Waals surface area contributed by atoms with Crippen LogP contribution in [0.15, 0.2) is 24.3 Å². The molecule has 1 fully saturated rings. The number of benzene rings is 1. The highest BCUT2D eigenvalue weighted by atomic mass is 19.1. The van der Waals surface area contributed by atoms with Gasteiger partial charge >= 0.3 is 0 Å². The van der Waals surface area contributed by atoms with Gasteiger partial charge in [-0.25, -0.2) is 4.39 Å². The van der Waals surface area contributed by atoms with Crippen molar-refractivity contribution in [1.82, 2.24) is 5.32 Å². The third kappa shape index (κ3) is 2.23. The van der Waals surface area contributed by atoms with Gasteiger partial charge in [0.15, 0.2) is 0 Å². The van der Waals surface area contributed by atoms with Crippen molar-refractivity contribution in [1.29, 1.82) is 0 Å². The van der Waals surface area contributed by atoms with Gasteiger partial charge in [-0.2, -0.15) is 0 Å². The van der Waals surface area contributed by atoms with E-state index >= 15 is 0 Å². The Hall–Kier alpha value is -1.64. The molecule has 0 radical (unpaired) electrons. The minimum absolute atomic E-state index is 0.0142. The number of aryl methyl sites for hydroxylation is 1. The highest BCUT2D eigenvalue weighted by Crippen LogP contribution is 2.32. The number of amides is 1. The summed E-state index contributed by atoms with van der Waals surface area (Å²) in [6.07, 6.45) is 5.52. The van der Waals surface area contributed by atoms with Crippen LogP contribution in [0.1, 0.15) is 30.4 Å². The molecule has 0 bridgehead atoms. The molecular weight excluding hydrogens is 217 g/mol. The Morgan fingerprint density at radius 2 is 2.18 bits per heavy atom. The number of carbonyl (C=O) groups is 1. The topological polar surface area (TPSA) is 29.1 Å². The smallest absolute Gasteiger partial charge is 0.244 e. The summed E-state index contributed by atoms with van der Waals surface area (Å²) in [7, 11) is 0. The largest absolute Gasteiger partial charge is 0.350 e. The first-order valence-corrected chi connectivity index (χ1v) is 6.02. The van der Waals surface area contributed by atoms with Gasteiger partial charge in [-0.05, 0) is 54.5 Å². The normalized spacial score (nSPS) is 20.4. The van der Waals surface area contributed by atoms with Crippen molar-refractivity contribution in [3.63, 3.8) is 0 Å². The molecule has 88 valence electrons. The Balaban J connectivity index is 1.82. The Bertz CT molecular complexity index is 503. The minimum Gasteiger partial charge on any atom is -0.350 e. The van der Waals surface area contributed by atoms with Crippen LogP contribution in [-0.2, 0) is 11.2 Å². The summed E-state index contributed by atoms with van der Waals surface area (Å²) >= 11 is 0. The predicted octanol–water partition coefficient (Wildman–Crippen LogP) is 2.43. The molecule has 0 aliphatic heterocycles. The number of allylic oxidation sites excluding steroid dienone is 1. The number of hydrogen-bond acceptors (Lipinski definition) is 1. The average Bonchev–Trinajstić information content (AvgIpc) is 3.01. The molecule has 0 aromatic heterocycles. The second-order valence-electron chi connectivity index (χ2n) is 4.75. The van der Waals surface area contributed by atoms with Crippen LogP contribution >= 0.6 is 0 Å². The van der Waals surface area contributed by atoms with Crippen molar-refractivity contribution in [3.05, 3.63) is 41.2 Å². The summed E-state index contributed by atoms with van der Waals surface area (Å²) in [5.41, 5.74) is 3.06. The van der Waals surface area contributed by atoms with Crippen molar-refractivity contribution < 1.29 is 9.18 Å². The first-order chi connectivity index (χ1) is 8.22. The molecule has 3 heteroatoms. The Morgan fingerprint density at radius 1 is 1.35 bits per heavy atom. The van der Waals surface area contributed by atoms with Crippen LogP contribution in [0.2, 0.25) is 0 Å². The zero-order valence-electron chi connectivity index (χ0n) is 9.50. The molecule has 17 heavy (non-hydrogen) atoms. The van der Waals surface area contributed by atoms with Crippen molar-refractivity contribution in [2.24, 2.45) is 0 Å². The van der Waals surface area contributed by atoms with Gasteiger partial charge in [0, 0.05) is 12.1 Å². The van der Waals surface area contributed by atoms with E-state index in [1.165, 1.54) is 6.07 Å². The molecule has 0 atom stereocenters. The molecule has 2 nitrogen and oxygen atoms in total. The van der Waals surface area contributed by atoms with Gasteiger partial charge < -0.3 is 5.32 Å². The minimum atomic E-state index is -0.201. The summed E-state index contributed by atoms with van der Waals surface area (Å²) < 4.78 is 13.0. The van der Waals surface area contributed by atoms with Crippen LogP contribution in [0.4, 0.5) is 4.39 Å². The lowest BCUT2D eigenvalue weighted by atomic mass is 10.1. The highest BCUT2D eigenvalue weighted by molar-refractivity contribution is 5.96.